The van der Waals surface area contributed by atoms with Crippen LogP contribution in [0.5, 0.6) is 5.75 Å². The van der Waals surface area contributed by atoms with Crippen LogP contribution in [0.2, 0.25) is 0 Å². The van der Waals surface area contributed by atoms with E-state index in [1.165, 1.54) is 20.1 Å². The number of nitrogens with zero attached hydrogens (tertiary/aromatic N) is 1. The lowest BCUT2D eigenvalue weighted by atomic mass is 9.73. The Bertz CT molecular complexity index is 877. The number of hydrogen-bond acceptors (Lipinski definition) is 6. The topological polar surface area (TPSA) is 93.1 Å². The molecule has 26 heavy (non-hydrogen) atoms. The molecule has 2 bridgehead atoms. The summed E-state index contributed by atoms with van der Waals surface area (Å²) in [6.07, 6.45) is 3.41. The summed E-state index contributed by atoms with van der Waals surface area (Å²) < 4.78 is 11.2. The smallest absolute Gasteiger partial charge is 0.241 e. The van der Waals surface area contributed by atoms with Gasteiger partial charge in [-0.15, -0.1) is 0 Å². The third-order valence-corrected chi connectivity index (χ3v) is 5.63. The number of imide groups is 1. The van der Waals surface area contributed by atoms with Gasteiger partial charge in [-0.1, -0.05) is 12.2 Å². The number of Topliss-reactive ketones (excluding diaryl/α,β-unsaturated/α-hetero) is 1. The van der Waals surface area contributed by atoms with Crippen molar-refractivity contribution in [2.45, 2.75) is 25.0 Å². The number of methoxy groups -OCH3 is 1. The highest BCUT2D eigenvalue weighted by Gasteiger charge is 2.72. The molecule has 7 heteroatoms. The average molecular weight is 357 g/mol. The maximum absolute atomic E-state index is 13.2. The van der Waals surface area contributed by atoms with Gasteiger partial charge >= 0.3 is 0 Å². The van der Waals surface area contributed by atoms with Crippen LogP contribution >= 0.6 is 0 Å². The van der Waals surface area contributed by atoms with Crippen molar-refractivity contribution in [3.63, 3.8) is 0 Å². The Morgan fingerprint density at radius 2 is 1.96 bits per heavy atom. The molecule has 3 heterocycles. The van der Waals surface area contributed by atoms with Crippen molar-refractivity contribution in [3.05, 3.63) is 35.9 Å². The standard InChI is InChI=1S/C19H19NO6/c1-10(22)11-4-5-13(25-3)12(8-11)20-16(23)14-15(17(20)24)19(9-21)7-6-18(14,2)26-19/h4-8,14-15,21H,9H2,1-3H3/t14-,15+,18+,19-/m0/s1. The van der Waals surface area contributed by atoms with E-state index < -0.39 is 41.5 Å². The van der Waals surface area contributed by atoms with E-state index in [4.69, 9.17) is 9.47 Å². The Balaban J connectivity index is 1.84. The van der Waals surface area contributed by atoms with Crippen molar-refractivity contribution < 1.29 is 29.0 Å². The number of carbonyl (C=O) groups is 3. The van der Waals surface area contributed by atoms with Crippen LogP contribution in [0.15, 0.2) is 30.4 Å². The predicted octanol–water partition coefficient (Wildman–Crippen LogP) is 1.09. The van der Waals surface area contributed by atoms with Crippen molar-refractivity contribution in [2.24, 2.45) is 11.8 Å². The van der Waals surface area contributed by atoms with Crippen LogP contribution in [0, 0.1) is 11.8 Å². The van der Waals surface area contributed by atoms with Crippen molar-refractivity contribution in [1.82, 2.24) is 0 Å². The molecule has 0 aromatic heterocycles. The van der Waals surface area contributed by atoms with Crippen LogP contribution in [0.1, 0.15) is 24.2 Å². The van der Waals surface area contributed by atoms with Crippen LogP contribution in [0.3, 0.4) is 0 Å². The zero-order chi connectivity index (χ0) is 18.9. The molecule has 4 atom stereocenters. The second-order valence-electron chi connectivity index (χ2n) is 7.14. The average Bonchev–Trinajstić information content (AvgIpc) is 3.20. The van der Waals surface area contributed by atoms with E-state index in [-0.39, 0.29) is 11.5 Å². The van der Waals surface area contributed by atoms with E-state index in [1.807, 2.05) is 0 Å². The molecule has 3 aliphatic rings. The first-order valence-electron chi connectivity index (χ1n) is 8.36. The number of carbonyl (C=O) groups excluding carboxylic acids is 3. The van der Waals surface area contributed by atoms with Crippen LogP contribution in [-0.2, 0) is 14.3 Å². The molecule has 2 fully saturated rings. The van der Waals surface area contributed by atoms with Gasteiger partial charge in [0.25, 0.3) is 0 Å². The van der Waals surface area contributed by atoms with Gasteiger partial charge in [-0.05, 0) is 32.0 Å². The minimum Gasteiger partial charge on any atom is -0.495 e. The quantitative estimate of drug-likeness (QED) is 0.493. The number of ether oxygens (including phenoxy) is 2. The molecule has 0 spiro atoms. The number of anilines is 1. The van der Waals surface area contributed by atoms with Gasteiger partial charge in [-0.2, -0.15) is 0 Å². The second-order valence-corrected chi connectivity index (χ2v) is 7.14. The third kappa shape index (κ3) is 1.92. The van der Waals surface area contributed by atoms with Gasteiger partial charge in [0.15, 0.2) is 5.78 Å². The van der Waals surface area contributed by atoms with E-state index in [1.54, 1.807) is 31.2 Å². The van der Waals surface area contributed by atoms with Crippen molar-refractivity contribution in [1.29, 1.82) is 0 Å². The molecule has 0 radical (unpaired) electrons. The number of ketones is 1. The molecule has 2 amide bonds. The molecule has 0 unspecified atom stereocenters. The zero-order valence-electron chi connectivity index (χ0n) is 14.7. The minimum absolute atomic E-state index is 0.183. The Labute approximate surface area is 150 Å². The molecule has 0 aliphatic carbocycles. The Morgan fingerprint density at radius 3 is 2.58 bits per heavy atom. The number of fused-ring (bicyclic) bond motifs is 5. The highest BCUT2D eigenvalue weighted by molar-refractivity contribution is 6.24. The summed E-state index contributed by atoms with van der Waals surface area (Å²) in [4.78, 5) is 39.2. The lowest BCUT2D eigenvalue weighted by Crippen LogP contribution is -2.43. The van der Waals surface area contributed by atoms with Crippen molar-refractivity contribution in [2.75, 3.05) is 18.6 Å². The molecule has 7 nitrogen and oxygen atoms in total. The van der Waals surface area contributed by atoms with Crippen LogP contribution in [0.4, 0.5) is 5.69 Å². The monoisotopic (exact) mass is 357 g/mol. The first-order valence-corrected chi connectivity index (χ1v) is 8.36. The summed E-state index contributed by atoms with van der Waals surface area (Å²) >= 11 is 0. The van der Waals surface area contributed by atoms with Crippen LogP contribution < -0.4 is 9.64 Å². The molecular weight excluding hydrogens is 338 g/mol. The number of aliphatic hydroxyl groups excluding tert-OH is 1. The molecular formula is C19H19NO6. The summed E-state index contributed by atoms with van der Waals surface area (Å²) in [7, 11) is 1.43. The molecule has 3 aliphatic heterocycles. The molecule has 4 rings (SSSR count). The van der Waals surface area contributed by atoms with E-state index in [2.05, 4.69) is 0 Å². The molecule has 0 saturated carbocycles. The summed E-state index contributed by atoms with van der Waals surface area (Å²) in [5, 5.41) is 9.86. The number of benzene rings is 1. The number of amides is 2. The summed E-state index contributed by atoms with van der Waals surface area (Å²) in [5.41, 5.74) is -1.52. The van der Waals surface area contributed by atoms with E-state index in [0.717, 1.165) is 4.90 Å². The lowest BCUT2D eigenvalue weighted by Gasteiger charge is -2.27. The fourth-order valence-corrected chi connectivity index (χ4v) is 4.36. The van der Waals surface area contributed by atoms with Gasteiger partial charge in [-0.25, -0.2) is 4.90 Å². The van der Waals surface area contributed by atoms with E-state index >= 15 is 0 Å². The first kappa shape index (κ1) is 16.9. The van der Waals surface area contributed by atoms with Gasteiger partial charge in [-0.3, -0.25) is 14.4 Å². The van der Waals surface area contributed by atoms with Gasteiger partial charge in [0, 0.05) is 5.56 Å². The Hall–Kier alpha value is -2.51. The summed E-state index contributed by atoms with van der Waals surface area (Å²) in [6, 6.07) is 4.64. The van der Waals surface area contributed by atoms with Crippen LogP contribution in [-0.4, -0.2) is 47.6 Å². The Kier molecular flexibility index (Phi) is 3.42. The lowest BCUT2D eigenvalue weighted by molar-refractivity contribution is -0.131. The van der Waals surface area contributed by atoms with E-state index in [9.17, 15) is 19.5 Å². The SMILES string of the molecule is COc1ccc(C(C)=O)cc1N1C(=O)[C@@H]2[C@H](C1=O)[C@@]1(CO)C=C[C@@]2(C)O1. The van der Waals surface area contributed by atoms with E-state index in [0.29, 0.717) is 11.3 Å². The normalized spacial score (nSPS) is 34.5. The Morgan fingerprint density at radius 1 is 1.27 bits per heavy atom. The van der Waals surface area contributed by atoms with Crippen LogP contribution in [0.25, 0.3) is 0 Å². The zero-order valence-corrected chi connectivity index (χ0v) is 14.7. The highest BCUT2D eigenvalue weighted by Crippen LogP contribution is 2.58. The molecule has 2 saturated heterocycles. The maximum atomic E-state index is 13.2. The first-order chi connectivity index (χ1) is 12.3. The number of rotatable bonds is 4. The molecule has 1 N–H and O–H groups in total. The number of hydrogen-bond donors (Lipinski definition) is 1. The van der Waals surface area contributed by atoms with Gasteiger partial charge in [0.2, 0.25) is 11.8 Å². The van der Waals surface area contributed by atoms with Crippen molar-refractivity contribution in [3.8, 4) is 5.75 Å². The number of aliphatic hydroxyl groups is 1. The summed E-state index contributed by atoms with van der Waals surface area (Å²) in [5.74, 6) is -2.26. The maximum Gasteiger partial charge on any atom is 0.241 e. The predicted molar refractivity (Wildman–Crippen MR) is 90.9 cm³/mol. The fourth-order valence-electron chi connectivity index (χ4n) is 4.36. The van der Waals surface area contributed by atoms with Gasteiger partial charge < -0.3 is 14.6 Å². The summed E-state index contributed by atoms with van der Waals surface area (Å²) in [6.45, 7) is 2.76. The largest absolute Gasteiger partial charge is 0.495 e. The molecule has 1 aromatic rings. The van der Waals surface area contributed by atoms with Gasteiger partial charge in [0.05, 0.1) is 36.8 Å². The fraction of sp³-hybridized carbons (Fsp3) is 0.421. The minimum atomic E-state index is -1.19. The van der Waals surface area contributed by atoms with Gasteiger partial charge in [0.1, 0.15) is 11.4 Å². The van der Waals surface area contributed by atoms with Crippen molar-refractivity contribution >= 4 is 23.3 Å². The molecule has 1 aromatic carbocycles. The highest BCUT2D eigenvalue weighted by atomic mass is 16.5. The second kappa shape index (κ2) is 5.25. The third-order valence-electron chi connectivity index (χ3n) is 5.63. The molecule has 136 valence electrons.